The Balaban J connectivity index is 1.28. The van der Waals surface area contributed by atoms with E-state index in [1.165, 1.54) is 23.6 Å². The minimum atomic E-state index is -1.09. The number of piperazine rings is 1. The lowest BCUT2D eigenvalue weighted by atomic mass is 10.2. The van der Waals surface area contributed by atoms with Gasteiger partial charge < -0.3 is 25.2 Å². The van der Waals surface area contributed by atoms with Gasteiger partial charge in [0.05, 0.1) is 33.3 Å². The molecule has 6 rings (SSSR count). The van der Waals surface area contributed by atoms with Crippen molar-refractivity contribution in [2.24, 2.45) is 0 Å². The van der Waals surface area contributed by atoms with Crippen molar-refractivity contribution in [3.63, 3.8) is 0 Å². The molecule has 0 radical (unpaired) electrons. The van der Waals surface area contributed by atoms with Crippen LogP contribution in [0.25, 0.3) is 16.7 Å². The SMILES string of the molecule is O=C(O)N1CCN(c2nc3c(Nc4cc(Cl)c(Oc5ccn6ncnc6c5)cc4F)ncnc3cc2Br)CC1CO. The summed E-state index contributed by atoms with van der Waals surface area (Å²) in [5.41, 5.74) is 1.43. The number of rotatable bonds is 6. The van der Waals surface area contributed by atoms with Crippen LogP contribution in [0, 0.1) is 5.82 Å². The van der Waals surface area contributed by atoms with E-state index in [-0.39, 0.29) is 42.0 Å². The van der Waals surface area contributed by atoms with Crippen LogP contribution in [-0.4, -0.2) is 83.0 Å². The van der Waals surface area contributed by atoms with Crippen LogP contribution in [0.5, 0.6) is 11.5 Å². The smallest absolute Gasteiger partial charge is 0.407 e. The zero-order chi connectivity index (χ0) is 28.7. The Hall–Kier alpha value is -4.34. The van der Waals surface area contributed by atoms with Gasteiger partial charge in [-0.15, -0.1) is 0 Å². The van der Waals surface area contributed by atoms with Crippen molar-refractivity contribution in [2.75, 3.05) is 36.5 Å². The maximum absolute atomic E-state index is 15.3. The molecule has 0 bridgehead atoms. The van der Waals surface area contributed by atoms with Crippen molar-refractivity contribution in [1.29, 1.82) is 0 Å². The summed E-state index contributed by atoms with van der Waals surface area (Å²) in [5.74, 6) is 0.601. The highest BCUT2D eigenvalue weighted by Gasteiger charge is 2.31. The molecule has 1 aliphatic heterocycles. The van der Waals surface area contributed by atoms with Crippen LogP contribution >= 0.6 is 27.5 Å². The first-order valence-corrected chi connectivity index (χ1v) is 13.4. The van der Waals surface area contributed by atoms with E-state index in [0.29, 0.717) is 39.3 Å². The predicted molar refractivity (Wildman–Crippen MR) is 151 cm³/mol. The molecule has 0 spiro atoms. The number of hydrogen-bond donors (Lipinski definition) is 3. The predicted octanol–water partition coefficient (Wildman–Crippen LogP) is 4.32. The molecule has 5 aromatic rings. The molecule has 5 heterocycles. The van der Waals surface area contributed by atoms with E-state index >= 15 is 4.39 Å². The molecule has 13 nitrogen and oxygen atoms in total. The Morgan fingerprint density at radius 1 is 1.20 bits per heavy atom. The molecule has 16 heteroatoms. The highest BCUT2D eigenvalue weighted by molar-refractivity contribution is 9.10. The van der Waals surface area contributed by atoms with Crippen LogP contribution in [0.3, 0.4) is 0 Å². The first-order valence-electron chi connectivity index (χ1n) is 12.2. The minimum absolute atomic E-state index is 0.0388. The van der Waals surface area contributed by atoms with Crippen LogP contribution in [0.15, 0.2) is 53.7 Å². The van der Waals surface area contributed by atoms with Gasteiger partial charge in [-0.1, -0.05) is 11.6 Å². The van der Waals surface area contributed by atoms with Gasteiger partial charge in [0.2, 0.25) is 0 Å². The Morgan fingerprint density at radius 2 is 2.05 bits per heavy atom. The third kappa shape index (κ3) is 5.26. The summed E-state index contributed by atoms with van der Waals surface area (Å²) < 4.78 is 23.2. The second kappa shape index (κ2) is 10.9. The largest absolute Gasteiger partial charge is 0.465 e. The highest BCUT2D eigenvalue weighted by Crippen LogP contribution is 2.36. The fourth-order valence-electron chi connectivity index (χ4n) is 4.54. The summed E-state index contributed by atoms with van der Waals surface area (Å²) in [6, 6.07) is 6.97. The fraction of sp³-hybridized carbons (Fsp3) is 0.200. The standard InChI is InChI=1S/C25H20BrClFN9O4/c26-15-6-19-22(34-24(15)35-3-4-36(25(39)40)13(9-35)10-38)23(31-11-29-19)33-18-7-16(27)20(8-17(18)28)41-14-1-2-37-21(5-14)30-12-32-37/h1-2,5-8,11-13,38H,3-4,9-10H2,(H,39,40)(H,29,31,33). The molecule has 1 saturated heterocycles. The second-order valence-electron chi connectivity index (χ2n) is 9.06. The van der Waals surface area contributed by atoms with E-state index in [4.69, 9.17) is 21.3 Å². The number of aliphatic hydroxyl groups excluding tert-OH is 1. The molecule has 1 fully saturated rings. The summed E-state index contributed by atoms with van der Waals surface area (Å²) in [7, 11) is 0. The number of ether oxygens (including phenoxy) is 1. The average Bonchev–Trinajstić information content (AvgIpc) is 3.43. The minimum Gasteiger partial charge on any atom is -0.465 e. The van der Waals surface area contributed by atoms with Gasteiger partial charge in [-0.05, 0) is 34.1 Å². The molecule has 210 valence electrons. The lowest BCUT2D eigenvalue weighted by Gasteiger charge is -2.40. The lowest BCUT2D eigenvalue weighted by Crippen LogP contribution is -2.56. The molecular formula is C25H20BrClFN9O4. The van der Waals surface area contributed by atoms with Crippen molar-refractivity contribution < 1.29 is 24.1 Å². The maximum atomic E-state index is 15.3. The van der Waals surface area contributed by atoms with Crippen LogP contribution in [0.4, 0.5) is 26.5 Å². The lowest BCUT2D eigenvalue weighted by molar-refractivity contribution is 0.0909. The van der Waals surface area contributed by atoms with Gasteiger partial charge in [-0.2, -0.15) is 5.10 Å². The zero-order valence-electron chi connectivity index (χ0n) is 20.9. The number of halogens is 3. The zero-order valence-corrected chi connectivity index (χ0v) is 23.3. The Kier molecular flexibility index (Phi) is 7.15. The molecule has 1 aliphatic rings. The van der Waals surface area contributed by atoms with Crippen LogP contribution < -0.4 is 15.0 Å². The van der Waals surface area contributed by atoms with Gasteiger partial charge in [0.1, 0.15) is 41.3 Å². The monoisotopic (exact) mass is 643 g/mol. The molecule has 0 aliphatic carbocycles. The number of benzene rings is 1. The summed E-state index contributed by atoms with van der Waals surface area (Å²) >= 11 is 9.97. The molecule has 1 amide bonds. The van der Waals surface area contributed by atoms with E-state index < -0.39 is 18.0 Å². The Morgan fingerprint density at radius 3 is 2.85 bits per heavy atom. The third-order valence-corrected chi connectivity index (χ3v) is 7.42. The summed E-state index contributed by atoms with van der Waals surface area (Å²) in [4.78, 5) is 32.0. The highest BCUT2D eigenvalue weighted by atomic mass is 79.9. The molecule has 1 aromatic carbocycles. The van der Waals surface area contributed by atoms with Crippen LogP contribution in [-0.2, 0) is 0 Å². The van der Waals surface area contributed by atoms with Crippen molar-refractivity contribution in [1.82, 2.24) is 34.4 Å². The van der Waals surface area contributed by atoms with Gasteiger partial charge in [0, 0.05) is 38.0 Å². The van der Waals surface area contributed by atoms with Crippen LogP contribution in [0.1, 0.15) is 0 Å². The normalized spacial score (nSPS) is 15.5. The number of fused-ring (bicyclic) bond motifs is 2. The number of carbonyl (C=O) groups is 1. The topological polar surface area (TPSA) is 154 Å². The van der Waals surface area contributed by atoms with Gasteiger partial charge in [0.15, 0.2) is 11.5 Å². The van der Waals surface area contributed by atoms with Crippen molar-refractivity contribution >= 4 is 67.6 Å². The summed E-state index contributed by atoms with van der Waals surface area (Å²) in [6.07, 6.45) is 3.30. The van der Waals surface area contributed by atoms with Gasteiger partial charge in [-0.3, -0.25) is 4.90 Å². The van der Waals surface area contributed by atoms with Gasteiger partial charge in [0.25, 0.3) is 0 Å². The van der Waals surface area contributed by atoms with E-state index in [2.05, 4.69) is 41.3 Å². The van der Waals surface area contributed by atoms with E-state index in [9.17, 15) is 15.0 Å². The average molecular weight is 645 g/mol. The number of amides is 1. The van der Waals surface area contributed by atoms with E-state index in [0.717, 1.165) is 6.07 Å². The van der Waals surface area contributed by atoms with Crippen LogP contribution in [0.2, 0.25) is 5.02 Å². The Labute approximate surface area is 244 Å². The number of carboxylic acid groups (broad SMARTS) is 1. The summed E-state index contributed by atoms with van der Waals surface area (Å²) in [6.45, 7) is 0.436. The maximum Gasteiger partial charge on any atom is 0.407 e. The molecule has 1 atom stereocenters. The number of anilines is 3. The third-order valence-electron chi connectivity index (χ3n) is 6.54. The molecule has 4 aromatic heterocycles. The number of hydrogen-bond acceptors (Lipinski definition) is 10. The van der Waals surface area contributed by atoms with Crippen molar-refractivity contribution in [3.05, 3.63) is 64.5 Å². The van der Waals surface area contributed by atoms with Gasteiger partial charge in [-0.25, -0.2) is 33.6 Å². The number of nitrogens with zero attached hydrogens (tertiary/aromatic N) is 8. The first-order chi connectivity index (χ1) is 19.8. The molecule has 41 heavy (non-hydrogen) atoms. The molecule has 3 N–H and O–H groups in total. The van der Waals surface area contributed by atoms with Gasteiger partial charge >= 0.3 is 6.09 Å². The second-order valence-corrected chi connectivity index (χ2v) is 10.3. The number of aromatic nitrogens is 6. The fourth-order valence-corrected chi connectivity index (χ4v) is 5.30. The van der Waals surface area contributed by atoms with E-state index in [1.54, 1.807) is 28.9 Å². The first kappa shape index (κ1) is 26.9. The van der Waals surface area contributed by atoms with Crippen molar-refractivity contribution in [2.45, 2.75) is 6.04 Å². The molecule has 0 saturated carbocycles. The molecule has 1 unspecified atom stereocenters. The summed E-state index contributed by atoms with van der Waals surface area (Å²) in [5, 5.41) is 26.3. The number of pyridine rings is 2. The number of aliphatic hydroxyl groups is 1. The molecular weight excluding hydrogens is 625 g/mol. The number of nitrogens with one attached hydrogen (secondary N) is 1. The van der Waals surface area contributed by atoms with Crippen molar-refractivity contribution in [3.8, 4) is 11.5 Å². The quantitative estimate of drug-likeness (QED) is 0.242. The van der Waals surface area contributed by atoms with E-state index in [1.807, 2.05) is 4.90 Å². The Bertz CT molecular complexity index is 1790.